The van der Waals surface area contributed by atoms with Gasteiger partial charge >= 0.3 is 0 Å². The Morgan fingerprint density at radius 1 is 1.29 bits per heavy atom. The normalized spacial score (nSPS) is 26.5. The molecule has 3 N–H and O–H groups in total. The van der Waals surface area contributed by atoms with E-state index < -0.39 is 5.54 Å². The molecule has 0 spiro atoms. The lowest BCUT2D eigenvalue weighted by Crippen LogP contribution is -2.53. The van der Waals surface area contributed by atoms with E-state index in [9.17, 15) is 4.79 Å². The van der Waals surface area contributed by atoms with Crippen LogP contribution in [0.15, 0.2) is 0 Å². The number of rotatable bonds is 9. The summed E-state index contributed by atoms with van der Waals surface area (Å²) in [5.41, 5.74) is 5.02. The number of piperidine rings is 1. The second-order valence-corrected chi connectivity index (χ2v) is 7.29. The molecule has 1 heterocycles. The number of amides is 1. The first-order valence-electron chi connectivity index (χ1n) is 8.64. The molecule has 1 amide bonds. The summed E-state index contributed by atoms with van der Waals surface area (Å²) in [5, 5.41) is 3.31. The van der Waals surface area contributed by atoms with Crippen LogP contribution < -0.4 is 11.1 Å². The third kappa shape index (κ3) is 6.35. The number of hydrogen-bond acceptors (Lipinski definition) is 3. The number of carbonyl (C=O) groups is 1. The molecule has 0 aliphatic carbocycles. The minimum atomic E-state index is -0.543. The van der Waals surface area contributed by atoms with E-state index in [0.29, 0.717) is 0 Å². The van der Waals surface area contributed by atoms with Crippen LogP contribution in [0, 0.1) is 11.8 Å². The van der Waals surface area contributed by atoms with Gasteiger partial charge in [-0.3, -0.25) is 4.79 Å². The van der Waals surface area contributed by atoms with Crippen LogP contribution in [0.25, 0.3) is 0 Å². The van der Waals surface area contributed by atoms with Gasteiger partial charge in [-0.05, 0) is 64.0 Å². The van der Waals surface area contributed by atoms with Gasteiger partial charge in [0.05, 0.1) is 5.54 Å². The number of hydrogen-bond donors (Lipinski definition) is 2. The monoisotopic (exact) mass is 297 g/mol. The Morgan fingerprint density at radius 2 is 1.90 bits per heavy atom. The van der Waals surface area contributed by atoms with Crippen molar-refractivity contribution in [2.75, 3.05) is 26.2 Å². The largest absolute Gasteiger partial charge is 0.368 e. The fourth-order valence-corrected chi connectivity index (χ4v) is 3.49. The third-order valence-corrected chi connectivity index (χ3v) is 4.65. The summed E-state index contributed by atoms with van der Waals surface area (Å²) in [4.78, 5) is 14.2. The molecule has 1 aliphatic heterocycles. The van der Waals surface area contributed by atoms with E-state index in [1.54, 1.807) is 0 Å². The summed E-state index contributed by atoms with van der Waals surface area (Å²) in [6.45, 7) is 13.2. The smallest absolute Gasteiger partial charge is 0.237 e. The summed E-state index contributed by atoms with van der Waals surface area (Å²) in [6.07, 6.45) is 5.41. The van der Waals surface area contributed by atoms with Gasteiger partial charge in [0.1, 0.15) is 0 Å². The molecule has 1 aliphatic rings. The molecule has 0 bridgehead atoms. The second-order valence-electron chi connectivity index (χ2n) is 7.29. The van der Waals surface area contributed by atoms with Gasteiger partial charge in [0.2, 0.25) is 5.91 Å². The lowest BCUT2D eigenvalue weighted by Gasteiger charge is -2.35. The van der Waals surface area contributed by atoms with E-state index in [2.05, 4.69) is 31.0 Å². The van der Waals surface area contributed by atoms with Crippen LogP contribution >= 0.6 is 0 Å². The lowest BCUT2D eigenvalue weighted by atomic mass is 9.91. The van der Waals surface area contributed by atoms with E-state index in [1.807, 2.05) is 6.92 Å². The number of unbranched alkanes of at least 4 members (excludes halogenated alkanes) is 1. The summed E-state index contributed by atoms with van der Waals surface area (Å²) < 4.78 is 0. The Balaban J connectivity index is 2.29. The van der Waals surface area contributed by atoms with E-state index in [4.69, 9.17) is 5.73 Å². The maximum atomic E-state index is 11.7. The quantitative estimate of drug-likeness (QED) is 0.642. The van der Waals surface area contributed by atoms with Crippen molar-refractivity contribution >= 4 is 5.91 Å². The van der Waals surface area contributed by atoms with Gasteiger partial charge in [0.15, 0.2) is 0 Å². The van der Waals surface area contributed by atoms with Crippen LogP contribution in [0.3, 0.4) is 0 Å². The molecule has 0 saturated carbocycles. The highest BCUT2D eigenvalue weighted by molar-refractivity contribution is 5.84. The lowest BCUT2D eigenvalue weighted by molar-refractivity contribution is -0.124. The second kappa shape index (κ2) is 8.74. The van der Waals surface area contributed by atoms with Gasteiger partial charge in [-0.15, -0.1) is 0 Å². The first-order valence-corrected chi connectivity index (χ1v) is 8.64. The SMILES string of the molecule is CCCNC(C)(CCCCN1CC(C)CC(C)C1)C(N)=O. The molecule has 0 aromatic rings. The van der Waals surface area contributed by atoms with Crippen molar-refractivity contribution < 1.29 is 4.79 Å². The Morgan fingerprint density at radius 3 is 2.43 bits per heavy atom. The Bertz CT molecular complexity index is 311. The molecule has 3 unspecified atom stereocenters. The zero-order valence-corrected chi connectivity index (χ0v) is 14.5. The van der Waals surface area contributed by atoms with Crippen molar-refractivity contribution in [1.29, 1.82) is 0 Å². The van der Waals surface area contributed by atoms with Crippen molar-refractivity contribution in [3.8, 4) is 0 Å². The highest BCUT2D eigenvalue weighted by atomic mass is 16.1. The Labute approximate surface area is 130 Å². The number of nitrogens with one attached hydrogen (secondary N) is 1. The molecule has 21 heavy (non-hydrogen) atoms. The van der Waals surface area contributed by atoms with Crippen molar-refractivity contribution in [2.24, 2.45) is 17.6 Å². The number of carbonyl (C=O) groups excluding carboxylic acids is 1. The number of primary amides is 1. The zero-order valence-electron chi connectivity index (χ0n) is 14.5. The molecule has 0 aromatic heterocycles. The van der Waals surface area contributed by atoms with Gasteiger partial charge < -0.3 is 16.0 Å². The van der Waals surface area contributed by atoms with Crippen LogP contribution in [0.2, 0.25) is 0 Å². The standard InChI is InChI=1S/C17H35N3O/c1-5-9-19-17(4,16(18)21)8-6-7-10-20-12-14(2)11-15(3)13-20/h14-15,19H,5-13H2,1-4H3,(H2,18,21). The van der Waals surface area contributed by atoms with Crippen LogP contribution in [0.5, 0.6) is 0 Å². The van der Waals surface area contributed by atoms with Crippen LogP contribution in [-0.4, -0.2) is 42.5 Å². The van der Waals surface area contributed by atoms with Crippen molar-refractivity contribution in [3.63, 3.8) is 0 Å². The topological polar surface area (TPSA) is 58.4 Å². The van der Waals surface area contributed by atoms with Crippen molar-refractivity contribution in [2.45, 2.75) is 65.3 Å². The molecule has 1 fully saturated rings. The number of likely N-dealkylation sites (tertiary alicyclic amines) is 1. The van der Waals surface area contributed by atoms with Crippen molar-refractivity contribution in [1.82, 2.24) is 10.2 Å². The van der Waals surface area contributed by atoms with Gasteiger partial charge in [-0.2, -0.15) is 0 Å². The highest BCUT2D eigenvalue weighted by Crippen LogP contribution is 2.21. The zero-order chi connectivity index (χ0) is 15.9. The van der Waals surface area contributed by atoms with Gasteiger partial charge in [-0.25, -0.2) is 0 Å². The average molecular weight is 297 g/mol. The predicted molar refractivity (Wildman–Crippen MR) is 89.1 cm³/mol. The van der Waals surface area contributed by atoms with Crippen molar-refractivity contribution in [3.05, 3.63) is 0 Å². The van der Waals surface area contributed by atoms with Crippen LogP contribution in [-0.2, 0) is 4.79 Å². The van der Waals surface area contributed by atoms with Gasteiger partial charge in [0.25, 0.3) is 0 Å². The Kier molecular flexibility index (Phi) is 7.67. The maximum Gasteiger partial charge on any atom is 0.237 e. The van der Waals surface area contributed by atoms with Gasteiger partial charge in [0, 0.05) is 13.1 Å². The summed E-state index contributed by atoms with van der Waals surface area (Å²) in [6, 6.07) is 0. The summed E-state index contributed by atoms with van der Waals surface area (Å²) >= 11 is 0. The van der Waals surface area contributed by atoms with E-state index in [0.717, 1.165) is 50.6 Å². The maximum absolute atomic E-state index is 11.7. The predicted octanol–water partition coefficient (Wildman–Crippen LogP) is 2.38. The fraction of sp³-hybridized carbons (Fsp3) is 0.941. The van der Waals surface area contributed by atoms with E-state index >= 15 is 0 Å². The molecule has 4 heteroatoms. The molecular weight excluding hydrogens is 262 g/mol. The molecule has 1 rings (SSSR count). The minimum Gasteiger partial charge on any atom is -0.368 e. The third-order valence-electron chi connectivity index (χ3n) is 4.65. The average Bonchev–Trinajstić information content (AvgIpc) is 2.40. The number of nitrogens with zero attached hydrogens (tertiary/aromatic N) is 1. The molecule has 0 radical (unpaired) electrons. The number of nitrogens with two attached hydrogens (primary N) is 1. The summed E-state index contributed by atoms with van der Waals surface area (Å²) in [7, 11) is 0. The molecule has 0 aromatic carbocycles. The first-order chi connectivity index (χ1) is 9.87. The van der Waals surface area contributed by atoms with Gasteiger partial charge in [-0.1, -0.05) is 20.8 Å². The molecule has 124 valence electrons. The fourth-order valence-electron chi connectivity index (χ4n) is 3.49. The van der Waals surface area contributed by atoms with Crippen LogP contribution in [0.1, 0.15) is 59.8 Å². The Hall–Kier alpha value is -0.610. The minimum absolute atomic E-state index is 0.226. The summed E-state index contributed by atoms with van der Waals surface area (Å²) in [5.74, 6) is 1.41. The highest BCUT2D eigenvalue weighted by Gasteiger charge is 2.29. The molecule has 4 nitrogen and oxygen atoms in total. The molecule has 3 atom stereocenters. The molecule has 1 saturated heterocycles. The van der Waals surface area contributed by atoms with E-state index in [1.165, 1.54) is 19.5 Å². The van der Waals surface area contributed by atoms with E-state index in [-0.39, 0.29) is 5.91 Å². The van der Waals surface area contributed by atoms with Crippen LogP contribution in [0.4, 0.5) is 0 Å². The first kappa shape index (κ1) is 18.4. The molecular formula is C17H35N3O.